The van der Waals surface area contributed by atoms with Crippen LogP contribution < -0.4 is 10.6 Å². The van der Waals surface area contributed by atoms with Crippen molar-refractivity contribution in [1.82, 2.24) is 9.97 Å². The molecule has 0 saturated carbocycles. The largest absolute Gasteiger partial charge is 0.340 e. The summed E-state index contributed by atoms with van der Waals surface area (Å²) in [7, 11) is 0. The summed E-state index contributed by atoms with van der Waals surface area (Å²) in [6.45, 7) is 8.17. The van der Waals surface area contributed by atoms with Gasteiger partial charge in [-0.05, 0) is 51.0 Å². The highest BCUT2D eigenvalue weighted by molar-refractivity contribution is 5.67. The van der Waals surface area contributed by atoms with Gasteiger partial charge in [0.05, 0.1) is 11.3 Å². The number of hydrogen-bond donors (Lipinski definition) is 2. The molecule has 0 radical (unpaired) electrons. The number of hydrogen-bond acceptors (Lipinski definition) is 5. The Morgan fingerprint density at radius 2 is 1.58 bits per heavy atom. The Morgan fingerprint density at radius 3 is 2.27 bits per heavy atom. The Balaban J connectivity index is 1.93. The molecule has 0 aliphatic rings. The molecule has 0 unspecified atom stereocenters. The number of aryl methyl sites for hydroxylation is 4. The average Bonchev–Trinajstić information content (AvgIpc) is 2.58. The van der Waals surface area contributed by atoms with E-state index >= 15 is 0 Å². The minimum Gasteiger partial charge on any atom is -0.340 e. The van der Waals surface area contributed by atoms with Crippen molar-refractivity contribution in [2.24, 2.45) is 0 Å². The third-order valence-electron chi connectivity index (χ3n) is 4.08. The van der Waals surface area contributed by atoms with Crippen LogP contribution in [-0.4, -0.2) is 9.97 Å². The minimum absolute atomic E-state index is 0.456. The number of nitrogens with one attached hydrogen (secondary N) is 2. The van der Waals surface area contributed by atoms with Gasteiger partial charge in [-0.25, -0.2) is 4.98 Å². The summed E-state index contributed by atoms with van der Waals surface area (Å²) in [6, 6.07) is 15.7. The van der Waals surface area contributed by atoms with E-state index in [-0.39, 0.29) is 0 Å². The molecule has 0 amide bonds. The van der Waals surface area contributed by atoms with Crippen LogP contribution in [0.4, 0.5) is 23.1 Å². The number of nitriles is 1. The van der Waals surface area contributed by atoms with Crippen LogP contribution in [0, 0.1) is 39.0 Å². The first-order valence-corrected chi connectivity index (χ1v) is 8.43. The normalized spacial score (nSPS) is 10.3. The van der Waals surface area contributed by atoms with Gasteiger partial charge in [0.25, 0.3) is 0 Å². The number of benzene rings is 2. The second-order valence-electron chi connectivity index (χ2n) is 6.40. The van der Waals surface area contributed by atoms with E-state index in [4.69, 9.17) is 0 Å². The van der Waals surface area contributed by atoms with Crippen molar-refractivity contribution in [3.05, 3.63) is 70.4 Å². The van der Waals surface area contributed by atoms with Gasteiger partial charge in [0, 0.05) is 17.4 Å². The highest BCUT2D eigenvalue weighted by Gasteiger charge is 2.09. The van der Waals surface area contributed by atoms with Crippen molar-refractivity contribution >= 4 is 23.1 Å². The molecule has 0 aliphatic carbocycles. The molecule has 26 heavy (non-hydrogen) atoms. The Labute approximate surface area is 153 Å². The number of aromatic nitrogens is 2. The molecule has 0 spiro atoms. The van der Waals surface area contributed by atoms with Crippen LogP contribution in [0.1, 0.15) is 27.9 Å². The summed E-state index contributed by atoms with van der Waals surface area (Å²) in [4.78, 5) is 8.99. The Kier molecular flexibility index (Phi) is 4.85. The summed E-state index contributed by atoms with van der Waals surface area (Å²) < 4.78 is 0. The van der Waals surface area contributed by atoms with Crippen molar-refractivity contribution in [2.75, 3.05) is 10.6 Å². The lowest BCUT2D eigenvalue weighted by molar-refractivity contribution is 1.10. The molecule has 2 aromatic carbocycles. The van der Waals surface area contributed by atoms with E-state index in [2.05, 4.69) is 59.6 Å². The molecule has 5 heteroatoms. The van der Waals surface area contributed by atoms with Crippen molar-refractivity contribution < 1.29 is 0 Å². The van der Waals surface area contributed by atoms with Crippen LogP contribution in [0.25, 0.3) is 0 Å². The topological polar surface area (TPSA) is 73.6 Å². The van der Waals surface area contributed by atoms with E-state index in [0.29, 0.717) is 23.0 Å². The third-order valence-corrected chi connectivity index (χ3v) is 4.08. The smallest absolute Gasteiger partial charge is 0.229 e. The highest BCUT2D eigenvalue weighted by atomic mass is 15.1. The van der Waals surface area contributed by atoms with Gasteiger partial charge in [-0.15, -0.1) is 0 Å². The highest BCUT2D eigenvalue weighted by Crippen LogP contribution is 2.26. The fourth-order valence-electron chi connectivity index (χ4n) is 3.00. The van der Waals surface area contributed by atoms with E-state index in [1.807, 2.05) is 31.2 Å². The van der Waals surface area contributed by atoms with E-state index in [0.717, 1.165) is 11.4 Å². The Morgan fingerprint density at radius 1 is 0.885 bits per heavy atom. The summed E-state index contributed by atoms with van der Waals surface area (Å²) in [5.41, 5.74) is 6.71. The molecule has 5 nitrogen and oxygen atoms in total. The lowest BCUT2D eigenvalue weighted by atomic mass is 10.1. The SMILES string of the molecule is Cc1cc(C)c(Nc2cc(C)nc(Nc3ccccc3C#N)n2)c(C)c1. The van der Waals surface area contributed by atoms with Gasteiger partial charge in [-0.1, -0.05) is 29.8 Å². The van der Waals surface area contributed by atoms with E-state index in [1.165, 1.54) is 16.7 Å². The maximum Gasteiger partial charge on any atom is 0.229 e. The molecule has 0 fully saturated rings. The zero-order chi connectivity index (χ0) is 18.7. The molecule has 1 heterocycles. The van der Waals surface area contributed by atoms with Crippen LogP contribution in [0.5, 0.6) is 0 Å². The van der Waals surface area contributed by atoms with Crippen LogP contribution in [0.15, 0.2) is 42.5 Å². The second kappa shape index (κ2) is 7.24. The first-order valence-electron chi connectivity index (χ1n) is 8.43. The van der Waals surface area contributed by atoms with Crippen LogP contribution >= 0.6 is 0 Å². The molecular weight excluding hydrogens is 322 g/mol. The minimum atomic E-state index is 0.456. The van der Waals surface area contributed by atoms with Gasteiger partial charge in [0.15, 0.2) is 0 Å². The van der Waals surface area contributed by atoms with Gasteiger partial charge in [-0.2, -0.15) is 10.2 Å². The number of rotatable bonds is 4. The summed E-state index contributed by atoms with van der Waals surface area (Å²) in [5, 5.41) is 15.8. The number of nitrogens with zero attached hydrogens (tertiary/aromatic N) is 3. The average molecular weight is 343 g/mol. The molecule has 0 bridgehead atoms. The molecule has 0 atom stereocenters. The molecule has 1 aromatic heterocycles. The van der Waals surface area contributed by atoms with Crippen LogP contribution in [0.3, 0.4) is 0 Å². The van der Waals surface area contributed by atoms with Gasteiger partial charge in [0.1, 0.15) is 11.9 Å². The Bertz CT molecular complexity index is 979. The van der Waals surface area contributed by atoms with Crippen molar-refractivity contribution in [3.63, 3.8) is 0 Å². The fraction of sp³-hybridized carbons (Fsp3) is 0.190. The first-order chi connectivity index (χ1) is 12.5. The van der Waals surface area contributed by atoms with Crippen molar-refractivity contribution in [1.29, 1.82) is 5.26 Å². The lowest BCUT2D eigenvalue weighted by Gasteiger charge is -2.15. The monoisotopic (exact) mass is 343 g/mol. The predicted molar refractivity (Wildman–Crippen MR) is 105 cm³/mol. The zero-order valence-corrected chi connectivity index (χ0v) is 15.4. The summed E-state index contributed by atoms with van der Waals surface area (Å²) >= 11 is 0. The summed E-state index contributed by atoms with van der Waals surface area (Å²) in [6.07, 6.45) is 0. The third kappa shape index (κ3) is 3.81. The van der Waals surface area contributed by atoms with E-state index < -0.39 is 0 Å². The Hall–Kier alpha value is -3.39. The van der Waals surface area contributed by atoms with Crippen LogP contribution in [0.2, 0.25) is 0 Å². The zero-order valence-electron chi connectivity index (χ0n) is 15.4. The standard InChI is InChI=1S/C21H21N5/c1-13-9-14(2)20(15(3)10-13)25-19-11-16(4)23-21(26-19)24-18-8-6-5-7-17(18)12-22/h5-11H,1-4H3,(H2,23,24,25,26). The van der Waals surface area contributed by atoms with Gasteiger partial charge in [-0.3, -0.25) is 0 Å². The van der Waals surface area contributed by atoms with Gasteiger partial charge < -0.3 is 10.6 Å². The van der Waals surface area contributed by atoms with E-state index in [1.54, 1.807) is 6.07 Å². The van der Waals surface area contributed by atoms with Gasteiger partial charge >= 0.3 is 0 Å². The molecule has 3 rings (SSSR count). The lowest BCUT2D eigenvalue weighted by Crippen LogP contribution is -2.04. The maximum absolute atomic E-state index is 9.24. The molecule has 0 saturated heterocycles. The van der Waals surface area contributed by atoms with Crippen LogP contribution in [-0.2, 0) is 0 Å². The number of para-hydroxylation sites is 1. The molecule has 130 valence electrons. The second-order valence-corrected chi connectivity index (χ2v) is 6.40. The van der Waals surface area contributed by atoms with Crippen molar-refractivity contribution in [2.45, 2.75) is 27.7 Å². The molecule has 0 aliphatic heterocycles. The quantitative estimate of drug-likeness (QED) is 0.692. The molecule has 3 aromatic rings. The first kappa shape index (κ1) is 17.4. The summed E-state index contributed by atoms with van der Waals surface area (Å²) in [5.74, 6) is 1.17. The predicted octanol–water partition coefficient (Wildman–Crippen LogP) is 5.07. The van der Waals surface area contributed by atoms with E-state index in [9.17, 15) is 5.26 Å². The van der Waals surface area contributed by atoms with Gasteiger partial charge in [0.2, 0.25) is 5.95 Å². The molecule has 2 N–H and O–H groups in total. The fourth-order valence-corrected chi connectivity index (χ4v) is 3.00. The molecular formula is C21H21N5. The van der Waals surface area contributed by atoms with Crippen molar-refractivity contribution in [3.8, 4) is 6.07 Å². The number of anilines is 4. The maximum atomic E-state index is 9.24.